The molecule has 164 valence electrons. The number of carbonyl (C=O) groups is 1. The Morgan fingerprint density at radius 2 is 1.75 bits per heavy atom. The first-order valence-electron chi connectivity index (χ1n) is 10.3. The molecule has 2 N–H and O–H groups in total. The van der Waals surface area contributed by atoms with Gasteiger partial charge in [-0.3, -0.25) is 4.57 Å². The van der Waals surface area contributed by atoms with E-state index in [1.807, 2.05) is 66.7 Å². The van der Waals surface area contributed by atoms with Crippen LogP contribution in [0, 0.1) is 0 Å². The van der Waals surface area contributed by atoms with Crippen molar-refractivity contribution in [1.82, 2.24) is 25.0 Å². The van der Waals surface area contributed by atoms with Crippen LogP contribution in [0.25, 0.3) is 22.2 Å². The van der Waals surface area contributed by atoms with Crippen molar-refractivity contribution in [3.8, 4) is 17.1 Å². The third-order valence-electron chi connectivity index (χ3n) is 5.32. The fraction of sp³-hybridized carbons (Fsp3) is 0.208. The lowest BCUT2D eigenvalue weighted by Gasteiger charge is -2.09. The number of rotatable bonds is 7. The molecule has 0 aliphatic rings. The fourth-order valence-electron chi connectivity index (χ4n) is 3.59. The molecular formula is C24H25N5O3. The van der Waals surface area contributed by atoms with Crippen LogP contribution in [0.4, 0.5) is 4.79 Å². The number of nitrogens with one attached hydrogen (secondary N) is 2. The molecule has 1 aromatic heterocycles. The molecule has 0 spiro atoms. The van der Waals surface area contributed by atoms with Crippen LogP contribution in [0.2, 0.25) is 0 Å². The summed E-state index contributed by atoms with van der Waals surface area (Å²) in [6, 6.07) is 21.1. The zero-order chi connectivity index (χ0) is 22.5. The number of hydrogen-bond donors (Lipinski definition) is 2. The van der Waals surface area contributed by atoms with Gasteiger partial charge in [-0.05, 0) is 40.6 Å². The van der Waals surface area contributed by atoms with Gasteiger partial charge in [-0.25, -0.2) is 14.3 Å². The molecule has 1 heterocycles. The van der Waals surface area contributed by atoms with E-state index in [1.165, 1.54) is 9.25 Å². The number of urea groups is 1. The average Bonchev–Trinajstić information content (AvgIpc) is 3.11. The quantitative estimate of drug-likeness (QED) is 0.471. The SMILES string of the molecule is COc1ccc(-c2nn(CCNC(=O)NCc3cccc4ccccc34)c(=O)n2C)cc1. The predicted molar refractivity (Wildman–Crippen MR) is 124 cm³/mol. The second-order valence-corrected chi connectivity index (χ2v) is 7.36. The zero-order valence-electron chi connectivity index (χ0n) is 18.0. The highest BCUT2D eigenvalue weighted by molar-refractivity contribution is 5.86. The molecule has 4 aromatic rings. The summed E-state index contributed by atoms with van der Waals surface area (Å²) in [7, 11) is 3.28. The summed E-state index contributed by atoms with van der Waals surface area (Å²) in [5, 5.41) is 12.3. The van der Waals surface area contributed by atoms with E-state index < -0.39 is 0 Å². The van der Waals surface area contributed by atoms with Crippen LogP contribution in [0.1, 0.15) is 5.56 Å². The van der Waals surface area contributed by atoms with Gasteiger partial charge in [0.25, 0.3) is 0 Å². The van der Waals surface area contributed by atoms with Gasteiger partial charge in [-0.15, -0.1) is 5.10 Å². The highest BCUT2D eigenvalue weighted by atomic mass is 16.5. The van der Waals surface area contributed by atoms with Crippen LogP contribution in [0.3, 0.4) is 0 Å². The van der Waals surface area contributed by atoms with Gasteiger partial charge in [0.15, 0.2) is 5.82 Å². The minimum absolute atomic E-state index is 0.242. The first-order chi connectivity index (χ1) is 15.6. The number of ether oxygens (including phenoxy) is 1. The van der Waals surface area contributed by atoms with Gasteiger partial charge >= 0.3 is 11.7 Å². The number of aromatic nitrogens is 3. The first-order valence-corrected chi connectivity index (χ1v) is 10.3. The van der Waals surface area contributed by atoms with E-state index >= 15 is 0 Å². The zero-order valence-corrected chi connectivity index (χ0v) is 18.0. The van der Waals surface area contributed by atoms with Gasteiger partial charge in [0.2, 0.25) is 0 Å². The Hall–Kier alpha value is -4.07. The van der Waals surface area contributed by atoms with E-state index in [9.17, 15) is 9.59 Å². The Kier molecular flexibility index (Phi) is 6.21. The molecule has 8 heteroatoms. The summed E-state index contributed by atoms with van der Waals surface area (Å²) >= 11 is 0. The van der Waals surface area contributed by atoms with Gasteiger partial charge in [-0.2, -0.15) is 0 Å². The van der Waals surface area contributed by atoms with Crippen molar-refractivity contribution < 1.29 is 9.53 Å². The van der Waals surface area contributed by atoms with Crippen molar-refractivity contribution in [2.24, 2.45) is 7.05 Å². The number of hydrogen-bond acceptors (Lipinski definition) is 4. The minimum atomic E-state index is -0.294. The summed E-state index contributed by atoms with van der Waals surface area (Å²) in [5.41, 5.74) is 1.61. The molecule has 4 rings (SSSR count). The molecule has 0 aliphatic heterocycles. The monoisotopic (exact) mass is 431 g/mol. The van der Waals surface area contributed by atoms with Crippen molar-refractivity contribution >= 4 is 16.8 Å². The Labute approximate surface area is 185 Å². The molecule has 0 unspecified atom stereocenters. The number of amides is 2. The van der Waals surface area contributed by atoms with Gasteiger partial charge < -0.3 is 15.4 Å². The van der Waals surface area contributed by atoms with Crippen molar-refractivity contribution in [3.05, 3.63) is 82.8 Å². The number of fused-ring (bicyclic) bond motifs is 1. The van der Waals surface area contributed by atoms with E-state index in [4.69, 9.17) is 4.74 Å². The summed E-state index contributed by atoms with van der Waals surface area (Å²) < 4.78 is 8.01. The molecular weight excluding hydrogens is 406 g/mol. The maximum Gasteiger partial charge on any atom is 0.345 e. The summed E-state index contributed by atoms with van der Waals surface area (Å²) in [6.45, 7) is 0.962. The third kappa shape index (κ3) is 4.49. The van der Waals surface area contributed by atoms with Crippen LogP contribution in [-0.4, -0.2) is 34.0 Å². The van der Waals surface area contributed by atoms with E-state index in [-0.39, 0.29) is 24.8 Å². The smallest absolute Gasteiger partial charge is 0.345 e. The van der Waals surface area contributed by atoms with E-state index in [0.29, 0.717) is 12.4 Å². The standard InChI is InChI=1S/C24H25N5O3/c1-28-22(18-10-12-20(32-2)13-11-18)27-29(24(28)31)15-14-25-23(30)26-16-19-8-5-7-17-6-3-4-9-21(17)19/h3-13H,14-16H2,1-2H3,(H2,25,26,30). The molecule has 0 saturated carbocycles. The largest absolute Gasteiger partial charge is 0.497 e. The molecule has 0 atom stereocenters. The Morgan fingerprint density at radius 1 is 1.00 bits per heavy atom. The number of carbonyl (C=O) groups excluding carboxylic acids is 1. The highest BCUT2D eigenvalue weighted by Gasteiger charge is 2.12. The lowest BCUT2D eigenvalue weighted by atomic mass is 10.0. The van der Waals surface area contributed by atoms with Crippen LogP contribution < -0.4 is 21.1 Å². The lowest BCUT2D eigenvalue weighted by Crippen LogP contribution is -2.38. The molecule has 2 amide bonds. The predicted octanol–water partition coefficient (Wildman–Crippen LogP) is 2.91. The van der Waals surface area contributed by atoms with Crippen molar-refractivity contribution in [2.45, 2.75) is 13.1 Å². The molecule has 0 fully saturated rings. The van der Waals surface area contributed by atoms with Crippen molar-refractivity contribution in [3.63, 3.8) is 0 Å². The molecule has 32 heavy (non-hydrogen) atoms. The molecule has 0 radical (unpaired) electrons. The number of nitrogens with zero attached hydrogens (tertiary/aromatic N) is 3. The van der Waals surface area contributed by atoms with Crippen LogP contribution >= 0.6 is 0 Å². The maximum atomic E-state index is 12.5. The topological polar surface area (TPSA) is 90.2 Å². The van der Waals surface area contributed by atoms with Gasteiger partial charge in [-0.1, -0.05) is 42.5 Å². The van der Waals surface area contributed by atoms with Gasteiger partial charge in [0.05, 0.1) is 13.7 Å². The van der Waals surface area contributed by atoms with Crippen molar-refractivity contribution in [2.75, 3.05) is 13.7 Å². The van der Waals surface area contributed by atoms with Gasteiger partial charge in [0.1, 0.15) is 5.75 Å². The number of methoxy groups -OCH3 is 1. The lowest BCUT2D eigenvalue weighted by molar-refractivity contribution is 0.240. The Morgan fingerprint density at radius 3 is 2.53 bits per heavy atom. The van der Waals surface area contributed by atoms with Crippen LogP contribution in [-0.2, 0) is 20.1 Å². The second kappa shape index (κ2) is 9.38. The summed E-state index contributed by atoms with van der Waals surface area (Å²) in [5.74, 6) is 1.29. The Bertz CT molecular complexity index is 1290. The van der Waals surface area contributed by atoms with Crippen LogP contribution in [0.5, 0.6) is 5.75 Å². The first kappa shape index (κ1) is 21.2. The van der Waals surface area contributed by atoms with Gasteiger partial charge in [0, 0.05) is 25.7 Å². The normalized spacial score (nSPS) is 10.8. The molecule has 3 aromatic carbocycles. The average molecular weight is 431 g/mol. The second-order valence-electron chi connectivity index (χ2n) is 7.36. The maximum absolute atomic E-state index is 12.5. The summed E-state index contributed by atoms with van der Waals surface area (Å²) in [4.78, 5) is 24.7. The third-order valence-corrected chi connectivity index (χ3v) is 5.32. The molecule has 0 saturated heterocycles. The van der Waals surface area contributed by atoms with E-state index in [1.54, 1.807) is 14.2 Å². The van der Waals surface area contributed by atoms with Crippen molar-refractivity contribution in [1.29, 1.82) is 0 Å². The molecule has 0 bridgehead atoms. The minimum Gasteiger partial charge on any atom is -0.497 e. The summed E-state index contributed by atoms with van der Waals surface area (Å²) in [6.07, 6.45) is 0. The van der Waals surface area contributed by atoms with E-state index in [0.717, 1.165) is 27.6 Å². The molecule has 0 aliphatic carbocycles. The fourth-order valence-corrected chi connectivity index (χ4v) is 3.59. The van der Waals surface area contributed by atoms with Crippen LogP contribution in [0.15, 0.2) is 71.5 Å². The number of benzene rings is 3. The van der Waals surface area contributed by atoms with E-state index in [2.05, 4.69) is 15.7 Å². The molecule has 8 nitrogen and oxygen atoms in total. The highest BCUT2D eigenvalue weighted by Crippen LogP contribution is 2.19. The Balaban J connectivity index is 1.34.